The highest BCUT2D eigenvalue weighted by atomic mass is 79.9. The molecule has 1 aromatic rings. The molecule has 2 heteroatoms. The second-order valence-electron chi connectivity index (χ2n) is 3.32. The van der Waals surface area contributed by atoms with Gasteiger partial charge in [-0.3, -0.25) is 4.98 Å². The maximum atomic E-state index is 4.03. The summed E-state index contributed by atoms with van der Waals surface area (Å²) < 4.78 is 1.13. The summed E-state index contributed by atoms with van der Waals surface area (Å²) in [4.78, 5) is 4.03. The van der Waals surface area contributed by atoms with Crippen LogP contribution in [0.2, 0.25) is 0 Å². The average Bonchev–Trinajstić information content (AvgIpc) is 2.36. The van der Waals surface area contributed by atoms with E-state index in [1.807, 2.05) is 25.1 Å². The summed E-state index contributed by atoms with van der Waals surface area (Å²) in [6, 6.07) is 4.01. The van der Waals surface area contributed by atoms with Crippen LogP contribution < -0.4 is 0 Å². The van der Waals surface area contributed by atoms with Gasteiger partial charge in [-0.1, -0.05) is 41.6 Å². The number of aromatic nitrogens is 1. The molecule has 1 heterocycles. The largest absolute Gasteiger partial charge is 0.265 e. The summed E-state index contributed by atoms with van der Waals surface area (Å²) in [5, 5.41) is 0. The van der Waals surface area contributed by atoms with Crippen LogP contribution in [0, 0.1) is 0 Å². The lowest BCUT2D eigenvalue weighted by molar-refractivity contribution is 1.14. The summed E-state index contributed by atoms with van der Waals surface area (Å²) in [5.74, 6) is 0. The van der Waals surface area contributed by atoms with Gasteiger partial charge >= 0.3 is 0 Å². The van der Waals surface area contributed by atoms with E-state index >= 15 is 0 Å². The van der Waals surface area contributed by atoms with Crippen molar-refractivity contribution in [2.45, 2.75) is 20.3 Å². The topological polar surface area (TPSA) is 12.9 Å². The molecule has 0 aliphatic carbocycles. The maximum absolute atomic E-state index is 4.03. The van der Waals surface area contributed by atoms with E-state index in [1.54, 1.807) is 12.4 Å². The van der Waals surface area contributed by atoms with Crippen LogP contribution in [0.1, 0.15) is 25.8 Å². The van der Waals surface area contributed by atoms with Crippen LogP contribution in [0.3, 0.4) is 0 Å². The van der Waals surface area contributed by atoms with Gasteiger partial charge in [-0.25, -0.2) is 0 Å². The van der Waals surface area contributed by atoms with Gasteiger partial charge in [-0.15, -0.1) is 0 Å². The Hall–Kier alpha value is -1.15. The molecule has 1 rings (SSSR count). The fourth-order valence-electron chi connectivity index (χ4n) is 1.61. The van der Waals surface area contributed by atoms with Gasteiger partial charge in [0.15, 0.2) is 0 Å². The molecule has 0 atom stereocenters. The molecule has 0 amide bonds. The number of allylic oxidation sites excluding steroid dienone is 5. The van der Waals surface area contributed by atoms with Crippen molar-refractivity contribution < 1.29 is 0 Å². The van der Waals surface area contributed by atoms with Crippen LogP contribution in [-0.4, -0.2) is 4.98 Å². The zero-order valence-electron chi connectivity index (χ0n) is 9.70. The van der Waals surface area contributed by atoms with Crippen LogP contribution in [0.5, 0.6) is 0 Å². The van der Waals surface area contributed by atoms with Crippen LogP contribution in [-0.2, 0) is 0 Å². The molecule has 0 aliphatic rings. The quantitative estimate of drug-likeness (QED) is 0.725. The predicted molar refractivity (Wildman–Crippen MR) is 74.3 cm³/mol. The number of nitrogens with zero attached hydrogens (tertiary/aromatic N) is 1. The number of rotatable bonds is 4. The number of halogens is 1. The smallest absolute Gasteiger partial charge is 0.0273 e. The molecule has 0 aromatic carbocycles. The molecule has 0 bridgehead atoms. The maximum Gasteiger partial charge on any atom is 0.0273 e. The summed E-state index contributed by atoms with van der Waals surface area (Å²) >= 11 is 3.58. The first-order valence-electron chi connectivity index (χ1n) is 5.32. The lowest BCUT2D eigenvalue weighted by Gasteiger charge is -2.10. The number of pyridine rings is 1. The Balaban J connectivity index is 3.33. The number of hydrogen-bond acceptors (Lipinski definition) is 1. The van der Waals surface area contributed by atoms with Crippen molar-refractivity contribution in [3.8, 4) is 0 Å². The molecule has 0 N–H and O–H groups in total. The molecule has 0 aliphatic heterocycles. The van der Waals surface area contributed by atoms with E-state index in [0.29, 0.717) is 0 Å². The third-order valence-corrected chi connectivity index (χ3v) is 3.35. The number of hydrogen-bond donors (Lipinski definition) is 0. The Morgan fingerprint density at radius 3 is 2.50 bits per heavy atom. The third kappa shape index (κ3) is 2.92. The summed E-state index contributed by atoms with van der Waals surface area (Å²) in [6.07, 6.45) is 8.53. The SMILES string of the molecule is C=C/C(=C(CC)\C(Br)=C/C)c1ccncc1. The van der Waals surface area contributed by atoms with E-state index in [2.05, 4.69) is 40.5 Å². The molecule has 0 spiro atoms. The minimum absolute atomic E-state index is 0.967. The van der Waals surface area contributed by atoms with Crippen molar-refractivity contribution in [1.82, 2.24) is 4.98 Å². The Kier molecular flexibility index (Phi) is 5.20. The fourth-order valence-corrected chi connectivity index (χ4v) is 2.10. The van der Waals surface area contributed by atoms with Crippen molar-refractivity contribution in [3.05, 3.63) is 58.9 Å². The van der Waals surface area contributed by atoms with Gasteiger partial charge in [0.1, 0.15) is 0 Å². The molecule has 0 saturated heterocycles. The van der Waals surface area contributed by atoms with Gasteiger partial charge in [-0.05, 0) is 42.2 Å². The summed E-state index contributed by atoms with van der Waals surface area (Å²) in [6.45, 7) is 8.06. The molecule has 84 valence electrons. The average molecular weight is 278 g/mol. The first-order valence-corrected chi connectivity index (χ1v) is 6.12. The van der Waals surface area contributed by atoms with Gasteiger partial charge in [-0.2, -0.15) is 0 Å². The van der Waals surface area contributed by atoms with Crippen molar-refractivity contribution in [3.63, 3.8) is 0 Å². The highest BCUT2D eigenvalue weighted by molar-refractivity contribution is 9.12. The summed E-state index contributed by atoms with van der Waals surface area (Å²) in [5.41, 5.74) is 3.58. The third-order valence-electron chi connectivity index (χ3n) is 2.42. The van der Waals surface area contributed by atoms with Crippen molar-refractivity contribution >= 4 is 21.5 Å². The fraction of sp³-hybridized carbons (Fsp3) is 0.214. The van der Waals surface area contributed by atoms with Crippen LogP contribution >= 0.6 is 15.9 Å². The molecule has 0 radical (unpaired) electrons. The standard InChI is InChI=1S/C14H16BrN/c1-4-12(11-7-9-16-10-8-11)13(5-2)14(15)6-3/h4,6-10H,1,5H2,2-3H3/b13-12+,14-6+. The first kappa shape index (κ1) is 12.9. The minimum atomic E-state index is 0.967. The molecular weight excluding hydrogens is 262 g/mol. The van der Waals surface area contributed by atoms with Crippen molar-refractivity contribution in [1.29, 1.82) is 0 Å². The van der Waals surface area contributed by atoms with Gasteiger partial charge in [0, 0.05) is 16.9 Å². The van der Waals surface area contributed by atoms with Crippen molar-refractivity contribution in [2.24, 2.45) is 0 Å². The van der Waals surface area contributed by atoms with E-state index in [9.17, 15) is 0 Å². The van der Waals surface area contributed by atoms with E-state index in [4.69, 9.17) is 0 Å². The lowest BCUT2D eigenvalue weighted by atomic mass is 9.99. The Morgan fingerprint density at radius 1 is 1.44 bits per heavy atom. The molecule has 1 aromatic heterocycles. The molecule has 0 unspecified atom stereocenters. The second kappa shape index (κ2) is 6.44. The van der Waals surface area contributed by atoms with Gasteiger partial charge in [0.05, 0.1) is 0 Å². The zero-order valence-corrected chi connectivity index (χ0v) is 11.3. The Labute approximate surface area is 106 Å². The molecule has 0 saturated carbocycles. The molecule has 0 fully saturated rings. The van der Waals surface area contributed by atoms with Crippen LogP contribution in [0.25, 0.3) is 5.57 Å². The summed E-state index contributed by atoms with van der Waals surface area (Å²) in [7, 11) is 0. The van der Waals surface area contributed by atoms with E-state index < -0.39 is 0 Å². The van der Waals surface area contributed by atoms with Gasteiger partial charge < -0.3 is 0 Å². The lowest BCUT2D eigenvalue weighted by Crippen LogP contribution is -1.90. The Morgan fingerprint density at radius 2 is 2.06 bits per heavy atom. The molecular formula is C14H16BrN. The predicted octanol–water partition coefficient (Wildman–Crippen LogP) is 4.73. The van der Waals surface area contributed by atoms with Crippen LogP contribution in [0.15, 0.2) is 53.3 Å². The minimum Gasteiger partial charge on any atom is -0.265 e. The normalized spacial score (nSPS) is 13.3. The van der Waals surface area contributed by atoms with Gasteiger partial charge in [0.25, 0.3) is 0 Å². The highest BCUT2D eigenvalue weighted by Gasteiger charge is 2.07. The van der Waals surface area contributed by atoms with Gasteiger partial charge in [0.2, 0.25) is 0 Å². The molecule has 16 heavy (non-hydrogen) atoms. The van der Waals surface area contributed by atoms with E-state index in [-0.39, 0.29) is 0 Å². The highest BCUT2D eigenvalue weighted by Crippen LogP contribution is 2.29. The van der Waals surface area contributed by atoms with E-state index in [0.717, 1.165) is 22.0 Å². The monoisotopic (exact) mass is 277 g/mol. The van der Waals surface area contributed by atoms with Crippen LogP contribution in [0.4, 0.5) is 0 Å². The first-order chi connectivity index (χ1) is 7.74. The van der Waals surface area contributed by atoms with E-state index in [1.165, 1.54) is 5.57 Å². The van der Waals surface area contributed by atoms with Crippen molar-refractivity contribution in [2.75, 3.05) is 0 Å². The molecule has 1 nitrogen and oxygen atoms in total. The zero-order chi connectivity index (χ0) is 12.0. The second-order valence-corrected chi connectivity index (χ2v) is 4.18. The Bertz CT molecular complexity index is 416.